The van der Waals surface area contributed by atoms with Gasteiger partial charge >= 0.3 is 0 Å². The number of likely N-dealkylation sites (tertiary alicyclic amines) is 1. The van der Waals surface area contributed by atoms with Gasteiger partial charge in [0.2, 0.25) is 5.91 Å². The molecule has 88 valence electrons. The Labute approximate surface area is 89.9 Å². The second-order valence-electron chi connectivity index (χ2n) is 4.61. The fraction of sp³-hybridized carbons (Fsp3) is 0.900. The summed E-state index contributed by atoms with van der Waals surface area (Å²) in [5.41, 5.74) is 5.73. The molecule has 1 aliphatic heterocycles. The molecule has 5 nitrogen and oxygen atoms in total. The molecule has 1 saturated heterocycles. The molecule has 1 fully saturated rings. The molecule has 5 heteroatoms. The number of nitrogens with zero attached hydrogens (tertiary/aromatic N) is 1. The summed E-state index contributed by atoms with van der Waals surface area (Å²) in [6.45, 7) is 4.37. The first-order chi connectivity index (χ1) is 6.91. The molecular formula is C10H20N2O3. The van der Waals surface area contributed by atoms with Crippen LogP contribution in [0.4, 0.5) is 0 Å². The summed E-state index contributed by atoms with van der Waals surface area (Å²) in [7, 11) is 0. The van der Waals surface area contributed by atoms with E-state index in [1.54, 1.807) is 0 Å². The lowest BCUT2D eigenvalue weighted by molar-refractivity contribution is -0.132. The van der Waals surface area contributed by atoms with Crippen LogP contribution in [0.5, 0.6) is 0 Å². The van der Waals surface area contributed by atoms with Gasteiger partial charge in [0, 0.05) is 13.1 Å². The fourth-order valence-electron chi connectivity index (χ4n) is 1.79. The lowest BCUT2D eigenvalue weighted by Gasteiger charge is -2.21. The van der Waals surface area contributed by atoms with E-state index < -0.39 is 18.2 Å². The number of aliphatic hydroxyl groups is 2. The van der Waals surface area contributed by atoms with E-state index in [1.807, 2.05) is 13.8 Å². The minimum Gasteiger partial charge on any atom is -0.388 e. The Morgan fingerprint density at radius 3 is 2.27 bits per heavy atom. The molecule has 0 spiro atoms. The molecule has 15 heavy (non-hydrogen) atoms. The van der Waals surface area contributed by atoms with Gasteiger partial charge in [-0.1, -0.05) is 13.8 Å². The fourth-order valence-corrected chi connectivity index (χ4v) is 1.79. The number of nitrogens with two attached hydrogens (primary N) is 1. The van der Waals surface area contributed by atoms with E-state index in [0.717, 1.165) is 0 Å². The summed E-state index contributed by atoms with van der Waals surface area (Å²) in [5, 5.41) is 18.6. The predicted octanol–water partition coefficient (Wildman–Crippen LogP) is -1.08. The van der Waals surface area contributed by atoms with E-state index in [2.05, 4.69) is 0 Å². The molecule has 1 amide bonds. The number of carbonyl (C=O) groups is 1. The molecular weight excluding hydrogens is 196 g/mol. The van der Waals surface area contributed by atoms with Crippen molar-refractivity contribution in [2.75, 3.05) is 13.1 Å². The van der Waals surface area contributed by atoms with E-state index >= 15 is 0 Å². The van der Waals surface area contributed by atoms with Gasteiger partial charge in [-0.05, 0) is 12.3 Å². The average Bonchev–Trinajstić information content (AvgIpc) is 2.44. The van der Waals surface area contributed by atoms with Crippen molar-refractivity contribution in [1.82, 2.24) is 4.90 Å². The van der Waals surface area contributed by atoms with Crippen LogP contribution in [0.15, 0.2) is 0 Å². The number of rotatable bonds is 3. The number of carbonyl (C=O) groups excluding carboxylic acids is 1. The van der Waals surface area contributed by atoms with Gasteiger partial charge < -0.3 is 20.8 Å². The van der Waals surface area contributed by atoms with Crippen LogP contribution in [0, 0.1) is 5.92 Å². The van der Waals surface area contributed by atoms with Crippen LogP contribution in [-0.2, 0) is 4.79 Å². The van der Waals surface area contributed by atoms with Crippen LogP contribution in [0.3, 0.4) is 0 Å². The largest absolute Gasteiger partial charge is 0.388 e. The van der Waals surface area contributed by atoms with Crippen molar-refractivity contribution in [2.24, 2.45) is 11.7 Å². The molecule has 0 aromatic rings. The average molecular weight is 216 g/mol. The summed E-state index contributed by atoms with van der Waals surface area (Å²) in [6, 6.07) is -0.525. The van der Waals surface area contributed by atoms with Crippen molar-refractivity contribution in [3.8, 4) is 0 Å². The Bertz CT molecular complexity index is 223. The van der Waals surface area contributed by atoms with Crippen molar-refractivity contribution in [3.63, 3.8) is 0 Å². The summed E-state index contributed by atoms with van der Waals surface area (Å²) in [6.07, 6.45) is -1.04. The van der Waals surface area contributed by atoms with Crippen molar-refractivity contribution < 1.29 is 15.0 Å². The van der Waals surface area contributed by atoms with Gasteiger partial charge in [0.15, 0.2) is 0 Å². The van der Waals surface area contributed by atoms with Gasteiger partial charge in [0.1, 0.15) is 0 Å². The minimum atomic E-state index is -0.833. The van der Waals surface area contributed by atoms with Crippen LogP contribution in [0.25, 0.3) is 0 Å². The minimum absolute atomic E-state index is 0.181. The molecule has 0 aliphatic carbocycles. The van der Waals surface area contributed by atoms with Gasteiger partial charge in [-0.3, -0.25) is 4.79 Å². The smallest absolute Gasteiger partial charge is 0.239 e. The van der Waals surface area contributed by atoms with Crippen molar-refractivity contribution >= 4 is 5.91 Å². The second-order valence-corrected chi connectivity index (χ2v) is 4.61. The van der Waals surface area contributed by atoms with E-state index in [4.69, 9.17) is 5.73 Å². The number of amides is 1. The standard InChI is InChI=1S/C10H20N2O3/c1-6(2)3-7(11)10(15)12-4-8(13)9(14)5-12/h6-9,13-14H,3-5,11H2,1-2H3. The van der Waals surface area contributed by atoms with Crippen molar-refractivity contribution in [3.05, 3.63) is 0 Å². The highest BCUT2D eigenvalue weighted by Gasteiger charge is 2.34. The number of β-amino-alcohol motifs (C(OH)–C–C–N with tert-alkyl or cyclic N) is 2. The second kappa shape index (κ2) is 4.92. The number of hydrogen-bond acceptors (Lipinski definition) is 4. The van der Waals surface area contributed by atoms with E-state index in [-0.39, 0.29) is 19.0 Å². The summed E-state index contributed by atoms with van der Waals surface area (Å²) >= 11 is 0. The quantitative estimate of drug-likeness (QED) is 0.560. The summed E-state index contributed by atoms with van der Waals surface area (Å²) < 4.78 is 0. The zero-order valence-corrected chi connectivity index (χ0v) is 9.26. The number of hydrogen-bond donors (Lipinski definition) is 3. The maximum absolute atomic E-state index is 11.8. The lowest BCUT2D eigenvalue weighted by Crippen LogP contribution is -2.43. The molecule has 1 aliphatic rings. The number of aliphatic hydroxyl groups excluding tert-OH is 2. The maximum atomic E-state index is 11.8. The van der Waals surface area contributed by atoms with Crippen molar-refractivity contribution in [2.45, 2.75) is 38.5 Å². The lowest BCUT2D eigenvalue weighted by atomic mass is 10.0. The van der Waals surface area contributed by atoms with Gasteiger partial charge in [-0.15, -0.1) is 0 Å². The summed E-state index contributed by atoms with van der Waals surface area (Å²) in [5.74, 6) is 0.181. The topological polar surface area (TPSA) is 86.8 Å². The Hall–Kier alpha value is -0.650. The van der Waals surface area contributed by atoms with Gasteiger partial charge in [0.25, 0.3) is 0 Å². The van der Waals surface area contributed by atoms with E-state index in [9.17, 15) is 15.0 Å². The monoisotopic (exact) mass is 216 g/mol. The van der Waals surface area contributed by atoms with Gasteiger partial charge in [0.05, 0.1) is 18.2 Å². The third-order valence-corrected chi connectivity index (χ3v) is 2.61. The molecule has 0 saturated carbocycles. The molecule has 1 rings (SSSR count). The van der Waals surface area contributed by atoms with E-state index in [0.29, 0.717) is 12.3 Å². The van der Waals surface area contributed by atoms with Crippen LogP contribution in [0.2, 0.25) is 0 Å². The molecule has 3 unspecified atom stereocenters. The Morgan fingerprint density at radius 2 is 1.87 bits per heavy atom. The van der Waals surface area contributed by atoms with Crippen LogP contribution < -0.4 is 5.73 Å². The van der Waals surface area contributed by atoms with Gasteiger partial charge in [-0.25, -0.2) is 0 Å². The summed E-state index contributed by atoms with van der Waals surface area (Å²) in [4.78, 5) is 13.2. The molecule has 3 atom stereocenters. The molecule has 0 bridgehead atoms. The SMILES string of the molecule is CC(C)CC(N)C(=O)N1CC(O)C(O)C1. The van der Waals surface area contributed by atoms with Crippen molar-refractivity contribution in [1.29, 1.82) is 0 Å². The first-order valence-electron chi connectivity index (χ1n) is 5.32. The first-order valence-corrected chi connectivity index (χ1v) is 5.32. The highest BCUT2D eigenvalue weighted by molar-refractivity contribution is 5.82. The van der Waals surface area contributed by atoms with Crippen LogP contribution in [-0.4, -0.2) is 52.4 Å². The Kier molecular flexibility index (Phi) is 4.07. The zero-order valence-electron chi connectivity index (χ0n) is 9.26. The third-order valence-electron chi connectivity index (χ3n) is 2.61. The van der Waals surface area contributed by atoms with Crippen LogP contribution in [0.1, 0.15) is 20.3 Å². The molecule has 0 aromatic heterocycles. The molecule has 4 N–H and O–H groups in total. The highest BCUT2D eigenvalue weighted by Crippen LogP contribution is 2.13. The third kappa shape index (κ3) is 3.15. The molecule has 1 heterocycles. The normalized spacial score (nSPS) is 28.5. The molecule has 0 radical (unpaired) electrons. The first kappa shape index (κ1) is 12.4. The van der Waals surface area contributed by atoms with E-state index in [1.165, 1.54) is 4.90 Å². The van der Waals surface area contributed by atoms with Gasteiger partial charge in [-0.2, -0.15) is 0 Å². The Balaban J connectivity index is 2.47. The maximum Gasteiger partial charge on any atom is 0.239 e. The Morgan fingerprint density at radius 1 is 1.40 bits per heavy atom. The zero-order chi connectivity index (χ0) is 11.6. The van der Waals surface area contributed by atoms with Crippen LogP contribution >= 0.6 is 0 Å². The molecule has 0 aromatic carbocycles. The predicted molar refractivity (Wildman–Crippen MR) is 56.0 cm³/mol. The highest BCUT2D eigenvalue weighted by atomic mass is 16.3.